The largest absolute Gasteiger partial charge is 0.493 e. The molecule has 2 N–H and O–H groups in total. The highest BCUT2D eigenvalue weighted by molar-refractivity contribution is 6.31. The smallest absolute Gasteiger partial charge is 0.123 e. The van der Waals surface area contributed by atoms with Crippen LogP contribution in [0, 0.1) is 0 Å². The van der Waals surface area contributed by atoms with Crippen LogP contribution < -0.4 is 10.5 Å². The Morgan fingerprint density at radius 2 is 2.20 bits per heavy atom. The molecule has 0 amide bonds. The van der Waals surface area contributed by atoms with Gasteiger partial charge in [0.2, 0.25) is 0 Å². The van der Waals surface area contributed by atoms with E-state index in [4.69, 9.17) is 22.1 Å². The van der Waals surface area contributed by atoms with E-state index in [1.54, 1.807) is 0 Å². The molecule has 2 rings (SSSR count). The van der Waals surface area contributed by atoms with Crippen molar-refractivity contribution in [1.29, 1.82) is 0 Å². The highest BCUT2D eigenvalue weighted by Gasteiger charge is 2.17. The summed E-state index contributed by atoms with van der Waals surface area (Å²) in [5.74, 6) is 1.00. The molecule has 4 heteroatoms. The lowest BCUT2D eigenvalue weighted by molar-refractivity contribution is 0.357. The van der Waals surface area contributed by atoms with Crippen LogP contribution in [0.15, 0.2) is 12.1 Å². The Morgan fingerprint density at radius 3 is 2.93 bits per heavy atom. The third kappa shape index (κ3) is 2.57. The number of nitrogens with two attached hydrogens (primary N) is 1. The first-order chi connectivity index (χ1) is 6.83. The Morgan fingerprint density at radius 1 is 1.40 bits per heavy atom. The van der Waals surface area contributed by atoms with Crippen molar-refractivity contribution in [2.75, 3.05) is 13.2 Å². The summed E-state index contributed by atoms with van der Waals surface area (Å²) in [5, 5.41) is 0.850. The van der Waals surface area contributed by atoms with E-state index in [-0.39, 0.29) is 12.4 Å². The molecule has 0 unspecified atom stereocenters. The van der Waals surface area contributed by atoms with E-state index >= 15 is 0 Å². The number of fused-ring (bicyclic) bond motifs is 1. The highest BCUT2D eigenvalue weighted by atomic mass is 35.5. The average molecular weight is 248 g/mol. The molecule has 0 atom stereocenters. The fourth-order valence-corrected chi connectivity index (χ4v) is 2.14. The van der Waals surface area contributed by atoms with Crippen molar-refractivity contribution in [1.82, 2.24) is 0 Å². The zero-order chi connectivity index (χ0) is 9.97. The van der Waals surface area contributed by atoms with Crippen LogP contribution in [0.1, 0.15) is 17.5 Å². The third-order valence-electron chi connectivity index (χ3n) is 2.57. The van der Waals surface area contributed by atoms with Crippen LogP contribution in [0.2, 0.25) is 5.02 Å². The molecule has 84 valence electrons. The van der Waals surface area contributed by atoms with Crippen LogP contribution in [0.25, 0.3) is 0 Å². The van der Waals surface area contributed by atoms with Crippen LogP contribution in [0.5, 0.6) is 5.75 Å². The second-order valence-corrected chi connectivity index (χ2v) is 3.90. The van der Waals surface area contributed by atoms with E-state index in [1.165, 1.54) is 11.1 Å². The van der Waals surface area contributed by atoms with Gasteiger partial charge >= 0.3 is 0 Å². The van der Waals surface area contributed by atoms with Gasteiger partial charge in [-0.3, -0.25) is 0 Å². The van der Waals surface area contributed by atoms with Crippen molar-refractivity contribution in [2.24, 2.45) is 5.73 Å². The van der Waals surface area contributed by atoms with Crippen LogP contribution >= 0.6 is 24.0 Å². The fraction of sp³-hybridized carbons (Fsp3) is 0.455. The molecule has 0 aromatic heterocycles. The maximum atomic E-state index is 6.15. The molecule has 0 aliphatic carbocycles. The monoisotopic (exact) mass is 247 g/mol. The summed E-state index contributed by atoms with van der Waals surface area (Å²) in [4.78, 5) is 0. The first-order valence-corrected chi connectivity index (χ1v) is 5.34. The van der Waals surface area contributed by atoms with Gasteiger partial charge in [-0.25, -0.2) is 0 Å². The predicted molar refractivity (Wildman–Crippen MR) is 65.3 cm³/mol. The molecule has 1 aliphatic rings. The van der Waals surface area contributed by atoms with Gasteiger partial charge in [0.25, 0.3) is 0 Å². The molecule has 0 bridgehead atoms. The Labute approximate surface area is 101 Å². The van der Waals surface area contributed by atoms with Crippen molar-refractivity contribution in [3.8, 4) is 5.75 Å². The SMILES string of the molecule is Cl.NCCCc1c(Cl)ccc2c1CCO2. The van der Waals surface area contributed by atoms with Crippen molar-refractivity contribution in [3.63, 3.8) is 0 Å². The number of rotatable bonds is 3. The molecule has 0 saturated carbocycles. The quantitative estimate of drug-likeness (QED) is 0.892. The van der Waals surface area contributed by atoms with Gasteiger partial charge in [-0.05, 0) is 37.1 Å². The highest BCUT2D eigenvalue weighted by Crippen LogP contribution is 2.33. The number of benzene rings is 1. The normalized spacial score (nSPS) is 12.9. The lowest BCUT2D eigenvalue weighted by Crippen LogP contribution is -2.02. The van der Waals surface area contributed by atoms with Crippen molar-refractivity contribution in [2.45, 2.75) is 19.3 Å². The van der Waals surface area contributed by atoms with Gasteiger partial charge in [-0.2, -0.15) is 0 Å². The zero-order valence-corrected chi connectivity index (χ0v) is 10.0. The summed E-state index contributed by atoms with van der Waals surface area (Å²) in [6.45, 7) is 1.49. The van der Waals surface area contributed by atoms with Crippen molar-refractivity contribution >= 4 is 24.0 Å². The van der Waals surface area contributed by atoms with E-state index in [1.807, 2.05) is 12.1 Å². The lowest BCUT2D eigenvalue weighted by Gasteiger charge is -2.08. The molecule has 0 saturated heterocycles. The number of halogens is 2. The van der Waals surface area contributed by atoms with Crippen LogP contribution in [-0.2, 0) is 12.8 Å². The van der Waals surface area contributed by atoms with Gasteiger partial charge in [0.1, 0.15) is 5.75 Å². The standard InChI is InChI=1S/C11H14ClNO.ClH/c12-10-3-4-11-9(5-7-14-11)8(10)2-1-6-13;/h3-4H,1-2,5-7,13H2;1H. The molecule has 0 spiro atoms. The van der Waals surface area contributed by atoms with E-state index in [0.717, 1.165) is 36.6 Å². The molecule has 0 fully saturated rings. The Hall–Kier alpha value is -0.440. The average Bonchev–Trinajstić information content (AvgIpc) is 2.64. The predicted octanol–water partition coefficient (Wildman–Crippen LogP) is 2.59. The van der Waals surface area contributed by atoms with Crippen molar-refractivity contribution in [3.05, 3.63) is 28.3 Å². The second kappa shape index (κ2) is 5.59. The van der Waals surface area contributed by atoms with Crippen LogP contribution in [0.4, 0.5) is 0 Å². The number of hydrogen-bond donors (Lipinski definition) is 1. The first kappa shape index (κ1) is 12.6. The Balaban J connectivity index is 0.00000112. The summed E-state index contributed by atoms with van der Waals surface area (Å²) in [7, 11) is 0. The van der Waals surface area contributed by atoms with Gasteiger partial charge in [-0.15, -0.1) is 12.4 Å². The van der Waals surface area contributed by atoms with Crippen LogP contribution in [-0.4, -0.2) is 13.2 Å². The number of ether oxygens (including phenoxy) is 1. The topological polar surface area (TPSA) is 35.2 Å². The summed E-state index contributed by atoms with van der Waals surface area (Å²) in [5.41, 5.74) is 8.01. The molecule has 1 heterocycles. The molecular weight excluding hydrogens is 233 g/mol. The minimum absolute atomic E-state index is 0. The Kier molecular flexibility index (Phi) is 4.71. The zero-order valence-electron chi connectivity index (χ0n) is 8.46. The van der Waals surface area contributed by atoms with Gasteiger partial charge in [0, 0.05) is 17.0 Å². The summed E-state index contributed by atoms with van der Waals surface area (Å²) in [6.07, 6.45) is 2.92. The maximum Gasteiger partial charge on any atom is 0.123 e. The minimum Gasteiger partial charge on any atom is -0.493 e. The Bertz CT molecular complexity index is 342. The minimum atomic E-state index is 0. The fourth-order valence-electron chi connectivity index (χ4n) is 1.86. The summed E-state index contributed by atoms with van der Waals surface area (Å²) >= 11 is 6.15. The second-order valence-electron chi connectivity index (χ2n) is 3.49. The van der Waals surface area contributed by atoms with Gasteiger partial charge in [0.15, 0.2) is 0 Å². The first-order valence-electron chi connectivity index (χ1n) is 4.96. The molecule has 15 heavy (non-hydrogen) atoms. The summed E-state index contributed by atoms with van der Waals surface area (Å²) < 4.78 is 5.48. The van der Waals surface area contributed by atoms with E-state index in [2.05, 4.69) is 0 Å². The molecule has 1 aromatic carbocycles. The van der Waals surface area contributed by atoms with Crippen molar-refractivity contribution < 1.29 is 4.74 Å². The maximum absolute atomic E-state index is 6.15. The molecule has 1 aromatic rings. The lowest BCUT2D eigenvalue weighted by atomic mass is 10.0. The molecule has 1 aliphatic heterocycles. The molecular formula is C11H15Cl2NO. The number of hydrogen-bond acceptors (Lipinski definition) is 2. The van der Waals surface area contributed by atoms with Gasteiger partial charge in [-0.1, -0.05) is 11.6 Å². The van der Waals surface area contributed by atoms with Gasteiger partial charge < -0.3 is 10.5 Å². The molecule has 2 nitrogen and oxygen atoms in total. The summed E-state index contributed by atoms with van der Waals surface area (Å²) in [6, 6.07) is 3.87. The third-order valence-corrected chi connectivity index (χ3v) is 2.93. The van der Waals surface area contributed by atoms with E-state index in [9.17, 15) is 0 Å². The van der Waals surface area contributed by atoms with Gasteiger partial charge in [0.05, 0.1) is 6.61 Å². The van der Waals surface area contributed by atoms with E-state index < -0.39 is 0 Å². The molecule has 0 radical (unpaired) electrons. The van der Waals surface area contributed by atoms with E-state index in [0.29, 0.717) is 6.54 Å². The van der Waals surface area contributed by atoms with Crippen LogP contribution in [0.3, 0.4) is 0 Å².